The van der Waals surface area contributed by atoms with Gasteiger partial charge in [-0.05, 0) is 37.6 Å². The molecule has 3 aromatic rings. The van der Waals surface area contributed by atoms with Gasteiger partial charge in [-0.25, -0.2) is 4.68 Å². The Bertz CT molecular complexity index is 940. The van der Waals surface area contributed by atoms with E-state index in [1.54, 1.807) is 12.3 Å². The molecule has 0 bridgehead atoms. The lowest BCUT2D eigenvalue weighted by Crippen LogP contribution is -2.35. The van der Waals surface area contributed by atoms with E-state index in [1.807, 2.05) is 35.0 Å². The van der Waals surface area contributed by atoms with E-state index >= 15 is 0 Å². The van der Waals surface area contributed by atoms with Crippen LogP contribution in [0.15, 0.2) is 47.1 Å². The number of aromatic amines is 1. The number of nitrogens with one attached hydrogen (secondary N) is 2. The van der Waals surface area contributed by atoms with E-state index in [9.17, 15) is 4.79 Å². The molecule has 1 aliphatic rings. The Labute approximate surface area is 172 Å². The fraction of sp³-hybridized carbons (Fsp3) is 0.350. The van der Waals surface area contributed by atoms with Crippen molar-refractivity contribution < 1.29 is 4.79 Å². The molecule has 28 heavy (non-hydrogen) atoms. The van der Waals surface area contributed by atoms with E-state index in [0.29, 0.717) is 11.7 Å². The molecule has 4 rings (SSSR count). The first kappa shape index (κ1) is 18.9. The van der Waals surface area contributed by atoms with Gasteiger partial charge in [0.1, 0.15) is 11.5 Å². The maximum atomic E-state index is 12.7. The monoisotopic (exact) mass is 442 g/mol. The molecule has 3 heterocycles. The zero-order valence-corrected chi connectivity index (χ0v) is 17.3. The van der Waals surface area contributed by atoms with Crippen LogP contribution in [0.2, 0.25) is 0 Å². The van der Waals surface area contributed by atoms with Gasteiger partial charge >= 0.3 is 0 Å². The van der Waals surface area contributed by atoms with Crippen molar-refractivity contribution in [2.45, 2.75) is 25.8 Å². The van der Waals surface area contributed by atoms with E-state index < -0.39 is 0 Å². The quantitative estimate of drug-likeness (QED) is 0.626. The van der Waals surface area contributed by atoms with E-state index in [0.717, 1.165) is 54.0 Å². The summed E-state index contributed by atoms with van der Waals surface area (Å²) in [5.74, 6) is 0.503. The Kier molecular flexibility index (Phi) is 5.59. The molecule has 0 aliphatic carbocycles. The van der Waals surface area contributed by atoms with Crippen LogP contribution in [-0.2, 0) is 0 Å². The van der Waals surface area contributed by atoms with Crippen molar-refractivity contribution in [1.82, 2.24) is 24.9 Å². The average Bonchev–Trinajstić information content (AvgIpc) is 3.38. The molecule has 7 nitrogen and oxygen atoms in total. The van der Waals surface area contributed by atoms with Gasteiger partial charge in [0.2, 0.25) is 0 Å². The van der Waals surface area contributed by atoms with Crippen LogP contribution in [0.3, 0.4) is 0 Å². The largest absolute Gasteiger partial charge is 0.305 e. The van der Waals surface area contributed by atoms with Crippen LogP contribution in [0.25, 0.3) is 11.3 Å². The lowest BCUT2D eigenvalue weighted by atomic mass is 10.1. The molecule has 0 spiro atoms. The number of hydrogen-bond acceptors (Lipinski definition) is 4. The molecule has 1 aromatic carbocycles. The van der Waals surface area contributed by atoms with Crippen molar-refractivity contribution in [3.05, 3.63) is 52.8 Å². The molecule has 1 amide bonds. The number of anilines is 1. The van der Waals surface area contributed by atoms with Gasteiger partial charge in [0.05, 0.1) is 17.9 Å². The summed E-state index contributed by atoms with van der Waals surface area (Å²) in [6.07, 6.45) is 3.81. The number of piperidine rings is 1. The van der Waals surface area contributed by atoms with Gasteiger partial charge < -0.3 is 10.2 Å². The molecule has 8 heteroatoms. The Morgan fingerprint density at radius 2 is 2.00 bits per heavy atom. The fourth-order valence-corrected chi connectivity index (χ4v) is 3.84. The molecular weight excluding hydrogens is 420 g/mol. The fourth-order valence-electron chi connectivity index (χ4n) is 3.57. The minimum atomic E-state index is -0.219. The summed E-state index contributed by atoms with van der Waals surface area (Å²) in [4.78, 5) is 15.1. The first-order valence-corrected chi connectivity index (χ1v) is 10.3. The molecule has 1 aliphatic heterocycles. The molecule has 0 saturated carbocycles. The number of carbonyl (C=O) groups excluding carboxylic acids is 1. The average molecular weight is 443 g/mol. The second-order valence-electron chi connectivity index (χ2n) is 6.95. The van der Waals surface area contributed by atoms with Crippen molar-refractivity contribution in [3.8, 4) is 11.3 Å². The maximum absolute atomic E-state index is 12.7. The predicted molar refractivity (Wildman–Crippen MR) is 112 cm³/mol. The van der Waals surface area contributed by atoms with Crippen LogP contribution in [-0.4, -0.2) is 50.4 Å². The third-order valence-corrected chi connectivity index (χ3v) is 5.75. The van der Waals surface area contributed by atoms with Crippen molar-refractivity contribution in [1.29, 1.82) is 0 Å². The third kappa shape index (κ3) is 4.02. The first-order valence-electron chi connectivity index (χ1n) is 9.52. The molecule has 0 atom stereocenters. The summed E-state index contributed by atoms with van der Waals surface area (Å²) in [5, 5.41) is 14.5. The van der Waals surface area contributed by atoms with Crippen molar-refractivity contribution in [2.75, 3.05) is 25.0 Å². The number of aromatic nitrogens is 4. The number of H-pyrrole nitrogens is 1. The number of likely N-dealkylation sites (tertiary alicyclic amines) is 1. The summed E-state index contributed by atoms with van der Waals surface area (Å²) in [7, 11) is 0. The SMILES string of the molecule is CCN1CCC(n2nccc2NC(=O)c2cc(-c3ccc(Br)cc3)n[nH]2)CC1. The molecule has 0 unspecified atom stereocenters. The second kappa shape index (κ2) is 8.28. The van der Waals surface area contributed by atoms with Crippen LogP contribution in [0, 0.1) is 0 Å². The number of carbonyl (C=O) groups is 1. The minimum Gasteiger partial charge on any atom is -0.305 e. The third-order valence-electron chi connectivity index (χ3n) is 5.22. The zero-order valence-electron chi connectivity index (χ0n) is 15.7. The van der Waals surface area contributed by atoms with Crippen LogP contribution < -0.4 is 5.32 Å². The summed E-state index contributed by atoms with van der Waals surface area (Å²) in [6.45, 7) is 5.39. The first-order chi connectivity index (χ1) is 13.6. The number of amides is 1. The van der Waals surface area contributed by atoms with Gasteiger partial charge in [0, 0.05) is 29.2 Å². The van der Waals surface area contributed by atoms with Crippen molar-refractivity contribution >= 4 is 27.7 Å². The Morgan fingerprint density at radius 3 is 2.71 bits per heavy atom. The molecule has 146 valence electrons. The Morgan fingerprint density at radius 1 is 1.25 bits per heavy atom. The van der Waals surface area contributed by atoms with Gasteiger partial charge in [0.15, 0.2) is 0 Å². The lowest BCUT2D eigenvalue weighted by Gasteiger charge is -2.31. The number of rotatable bonds is 5. The Balaban J connectivity index is 1.45. The van der Waals surface area contributed by atoms with Crippen LogP contribution in [0.5, 0.6) is 0 Å². The molecule has 2 N–H and O–H groups in total. The van der Waals surface area contributed by atoms with Gasteiger partial charge in [-0.15, -0.1) is 0 Å². The Hall–Kier alpha value is -2.45. The highest BCUT2D eigenvalue weighted by Gasteiger charge is 2.23. The predicted octanol–water partition coefficient (Wildman–Crippen LogP) is 3.94. The summed E-state index contributed by atoms with van der Waals surface area (Å²) < 4.78 is 2.94. The number of benzene rings is 1. The molecule has 2 aromatic heterocycles. The minimum absolute atomic E-state index is 0.219. The zero-order chi connectivity index (χ0) is 19.5. The highest BCUT2D eigenvalue weighted by Crippen LogP contribution is 2.26. The molecule has 1 saturated heterocycles. The number of hydrogen-bond donors (Lipinski definition) is 2. The molecule has 0 radical (unpaired) electrons. The van der Waals surface area contributed by atoms with Crippen LogP contribution in [0.1, 0.15) is 36.3 Å². The van der Waals surface area contributed by atoms with Crippen LogP contribution >= 0.6 is 15.9 Å². The van der Waals surface area contributed by atoms with E-state index in [2.05, 4.69) is 48.4 Å². The van der Waals surface area contributed by atoms with Crippen LogP contribution in [0.4, 0.5) is 5.82 Å². The summed E-state index contributed by atoms with van der Waals surface area (Å²) in [5.41, 5.74) is 2.11. The topological polar surface area (TPSA) is 78.8 Å². The van der Waals surface area contributed by atoms with Gasteiger partial charge in [-0.2, -0.15) is 10.2 Å². The normalized spacial score (nSPS) is 15.6. The van der Waals surface area contributed by atoms with Gasteiger partial charge in [0.25, 0.3) is 5.91 Å². The standard InChI is InChI=1S/C20H23BrN6O/c1-2-26-11-8-16(9-12-26)27-19(7-10-22-27)23-20(28)18-13-17(24-25-18)14-3-5-15(21)6-4-14/h3-7,10,13,16H,2,8-9,11-12H2,1H3,(H,23,28)(H,24,25). The summed E-state index contributed by atoms with van der Waals surface area (Å²) >= 11 is 3.42. The molecular formula is C20H23BrN6O. The van der Waals surface area contributed by atoms with Crippen molar-refractivity contribution in [2.24, 2.45) is 0 Å². The van der Waals surface area contributed by atoms with E-state index in [-0.39, 0.29) is 5.91 Å². The highest BCUT2D eigenvalue weighted by molar-refractivity contribution is 9.10. The van der Waals surface area contributed by atoms with E-state index in [1.165, 1.54) is 0 Å². The molecule has 1 fully saturated rings. The van der Waals surface area contributed by atoms with Gasteiger partial charge in [-0.1, -0.05) is 35.0 Å². The smallest absolute Gasteiger partial charge is 0.274 e. The van der Waals surface area contributed by atoms with Gasteiger partial charge in [-0.3, -0.25) is 9.89 Å². The van der Waals surface area contributed by atoms with Crippen molar-refractivity contribution in [3.63, 3.8) is 0 Å². The lowest BCUT2D eigenvalue weighted by molar-refractivity contribution is 0.102. The number of nitrogens with zero attached hydrogens (tertiary/aromatic N) is 4. The second-order valence-corrected chi connectivity index (χ2v) is 7.87. The van der Waals surface area contributed by atoms with E-state index in [4.69, 9.17) is 0 Å². The maximum Gasteiger partial charge on any atom is 0.274 e. The number of halogens is 1. The summed E-state index contributed by atoms with van der Waals surface area (Å²) in [6, 6.07) is 11.7. The highest BCUT2D eigenvalue weighted by atomic mass is 79.9.